The number of primary amides is 1. The van der Waals surface area contributed by atoms with Crippen molar-refractivity contribution >= 4 is 35.8 Å². The van der Waals surface area contributed by atoms with Gasteiger partial charge in [-0.3, -0.25) is 14.4 Å². The van der Waals surface area contributed by atoms with Gasteiger partial charge in [-0.25, -0.2) is 14.4 Å². The Morgan fingerprint density at radius 3 is 1.88 bits per heavy atom. The molecule has 6 amide bonds. The van der Waals surface area contributed by atoms with Crippen LogP contribution in [0.25, 0.3) is 0 Å². The van der Waals surface area contributed by atoms with Gasteiger partial charge in [0.05, 0.1) is 0 Å². The lowest BCUT2D eigenvalue weighted by Crippen LogP contribution is -2.56. The van der Waals surface area contributed by atoms with Crippen molar-refractivity contribution in [2.75, 3.05) is 13.1 Å². The molecule has 1 rings (SSSR count). The fourth-order valence-electron chi connectivity index (χ4n) is 3.89. The molecule has 9 N–H and O–H groups in total. The molecule has 15 nitrogen and oxygen atoms in total. The van der Waals surface area contributed by atoms with Crippen molar-refractivity contribution in [1.82, 2.24) is 26.6 Å². The number of urea groups is 1. The van der Waals surface area contributed by atoms with Crippen LogP contribution in [0.1, 0.15) is 65.4 Å². The number of hydrogen-bond donors (Lipinski definition) is 8. The summed E-state index contributed by atoms with van der Waals surface area (Å²) >= 11 is 0. The molecule has 0 fully saturated rings. The van der Waals surface area contributed by atoms with Crippen LogP contribution in [0.5, 0.6) is 5.75 Å². The topological polar surface area (TPSA) is 238 Å². The quantitative estimate of drug-likeness (QED) is 0.116. The van der Waals surface area contributed by atoms with E-state index < -0.39 is 59.5 Å². The van der Waals surface area contributed by atoms with Gasteiger partial charge in [-0.1, -0.05) is 12.1 Å². The molecule has 43 heavy (non-hydrogen) atoms. The maximum Gasteiger partial charge on any atom is 0.407 e. The van der Waals surface area contributed by atoms with E-state index in [0.29, 0.717) is 24.8 Å². The molecule has 0 radical (unpaired) electrons. The fraction of sp³-hybridized carbons (Fsp3) is 0.571. The number of ether oxygens (including phenoxy) is 1. The van der Waals surface area contributed by atoms with Gasteiger partial charge in [0.1, 0.15) is 29.5 Å². The molecule has 0 saturated carbocycles. The lowest BCUT2D eigenvalue weighted by atomic mass is 10.0. The number of aromatic hydroxyl groups is 1. The lowest BCUT2D eigenvalue weighted by molar-refractivity contribution is -0.142. The van der Waals surface area contributed by atoms with Crippen LogP contribution in [0.3, 0.4) is 0 Å². The number of phenolic OH excluding ortho intramolecular Hbond substituents is 1. The first-order chi connectivity index (χ1) is 20.1. The zero-order valence-corrected chi connectivity index (χ0v) is 25.0. The highest BCUT2D eigenvalue weighted by molar-refractivity contribution is 5.93. The zero-order chi connectivity index (χ0) is 32.6. The molecule has 0 spiro atoms. The highest BCUT2D eigenvalue weighted by Crippen LogP contribution is 2.12. The summed E-state index contributed by atoms with van der Waals surface area (Å²) in [5.41, 5.74) is 4.93. The molecular weight excluding hydrogens is 564 g/mol. The Bertz CT molecular complexity index is 1100. The third kappa shape index (κ3) is 16.5. The minimum absolute atomic E-state index is 0.00253. The normalized spacial score (nSPS) is 13.0. The first-order valence-electron chi connectivity index (χ1n) is 14.0. The maximum absolute atomic E-state index is 13.3. The highest BCUT2D eigenvalue weighted by Gasteiger charge is 2.29. The first-order valence-corrected chi connectivity index (χ1v) is 14.0. The Morgan fingerprint density at radius 1 is 0.814 bits per heavy atom. The SMILES string of the molecule is CC(=O)N[C@@H](CCCNC(N)=O)C(=O)N[C@@H](CCCCNC(=O)OC(C)(C)C)C(=O)N[C@@H](Cc1ccc(O)cc1)C(=O)O. The monoisotopic (exact) mass is 608 g/mol. The van der Waals surface area contributed by atoms with E-state index in [4.69, 9.17) is 10.5 Å². The van der Waals surface area contributed by atoms with Gasteiger partial charge in [0.25, 0.3) is 0 Å². The van der Waals surface area contributed by atoms with Crippen molar-refractivity contribution in [2.24, 2.45) is 5.73 Å². The number of carboxylic acid groups (broad SMARTS) is 1. The van der Waals surface area contributed by atoms with Crippen molar-refractivity contribution in [3.8, 4) is 5.75 Å². The number of carboxylic acids is 1. The summed E-state index contributed by atoms with van der Waals surface area (Å²) in [6.07, 6.45) is 0.608. The minimum Gasteiger partial charge on any atom is -0.508 e. The van der Waals surface area contributed by atoms with E-state index in [0.717, 1.165) is 0 Å². The summed E-state index contributed by atoms with van der Waals surface area (Å²) in [6, 6.07) is 1.56. The van der Waals surface area contributed by atoms with Gasteiger partial charge in [-0.05, 0) is 70.6 Å². The lowest BCUT2D eigenvalue weighted by Gasteiger charge is -2.24. The molecule has 0 aromatic heterocycles. The number of amides is 6. The van der Waals surface area contributed by atoms with Gasteiger partial charge in [-0.15, -0.1) is 0 Å². The number of hydrogen-bond acceptors (Lipinski definition) is 8. The van der Waals surface area contributed by atoms with E-state index in [1.165, 1.54) is 31.2 Å². The van der Waals surface area contributed by atoms with E-state index in [2.05, 4.69) is 26.6 Å². The van der Waals surface area contributed by atoms with Crippen LogP contribution in [0.4, 0.5) is 9.59 Å². The molecule has 0 aliphatic rings. The summed E-state index contributed by atoms with van der Waals surface area (Å²) in [7, 11) is 0. The Balaban J connectivity index is 2.97. The second-order valence-electron chi connectivity index (χ2n) is 10.9. The molecule has 15 heteroatoms. The minimum atomic E-state index is -1.34. The largest absolute Gasteiger partial charge is 0.508 e. The van der Waals surface area contributed by atoms with Crippen LogP contribution in [-0.2, 0) is 30.3 Å². The van der Waals surface area contributed by atoms with Crippen LogP contribution < -0.4 is 32.3 Å². The average Bonchev–Trinajstić information content (AvgIpc) is 2.88. The number of aliphatic carboxylic acids is 1. The van der Waals surface area contributed by atoms with E-state index in [9.17, 15) is 39.0 Å². The summed E-state index contributed by atoms with van der Waals surface area (Å²) in [4.78, 5) is 72.9. The maximum atomic E-state index is 13.3. The van der Waals surface area contributed by atoms with Crippen molar-refractivity contribution < 1.29 is 43.7 Å². The van der Waals surface area contributed by atoms with Crippen molar-refractivity contribution in [3.63, 3.8) is 0 Å². The molecule has 0 aliphatic heterocycles. The third-order valence-electron chi connectivity index (χ3n) is 5.87. The molecule has 0 unspecified atom stereocenters. The second-order valence-corrected chi connectivity index (χ2v) is 10.9. The number of unbranched alkanes of at least 4 members (excludes halogenated alkanes) is 1. The number of nitrogens with two attached hydrogens (primary N) is 1. The summed E-state index contributed by atoms with van der Waals surface area (Å²) in [5.74, 6) is -3.21. The van der Waals surface area contributed by atoms with Gasteiger partial charge in [0.2, 0.25) is 17.7 Å². The number of benzene rings is 1. The number of rotatable bonds is 17. The molecule has 1 aromatic rings. The molecule has 0 saturated heterocycles. The molecule has 240 valence electrons. The molecule has 3 atom stereocenters. The summed E-state index contributed by atoms with van der Waals surface area (Å²) < 4.78 is 5.18. The number of carbonyl (C=O) groups excluding carboxylic acids is 5. The van der Waals surface area contributed by atoms with Crippen molar-refractivity contribution in [3.05, 3.63) is 29.8 Å². The Morgan fingerprint density at radius 2 is 1.35 bits per heavy atom. The summed E-state index contributed by atoms with van der Waals surface area (Å²) in [6.45, 7) is 6.81. The first kappa shape index (κ1) is 36.5. The Kier molecular flexibility index (Phi) is 15.3. The molecule has 0 heterocycles. The van der Waals surface area contributed by atoms with Crippen molar-refractivity contribution in [1.29, 1.82) is 0 Å². The number of carbonyl (C=O) groups is 6. The number of nitrogens with one attached hydrogen (secondary N) is 5. The molecule has 1 aromatic carbocycles. The van der Waals surface area contributed by atoms with Gasteiger partial charge < -0.3 is 47.3 Å². The van der Waals surface area contributed by atoms with Gasteiger partial charge in [0, 0.05) is 26.4 Å². The van der Waals surface area contributed by atoms with Crippen LogP contribution >= 0.6 is 0 Å². The third-order valence-corrected chi connectivity index (χ3v) is 5.87. The Labute approximate surface area is 250 Å². The Hall–Kier alpha value is -4.56. The smallest absolute Gasteiger partial charge is 0.407 e. The van der Waals surface area contributed by atoms with Crippen LogP contribution in [0, 0.1) is 0 Å². The predicted molar refractivity (Wildman–Crippen MR) is 156 cm³/mol. The zero-order valence-electron chi connectivity index (χ0n) is 25.0. The standard InChI is InChI=1S/C28H44N6O9/c1-17(35)32-20(9-7-15-30-26(29)41)23(37)33-21(8-5-6-14-31-27(42)43-28(2,3)4)24(38)34-22(25(39)40)16-18-10-12-19(36)13-11-18/h10-13,20-22,36H,5-9,14-16H2,1-4H3,(H,31,42)(H,32,35)(H,33,37)(H,34,38)(H,39,40)(H3,29,30,41)/t20-,21-,22-/m0/s1. The fourth-order valence-corrected chi connectivity index (χ4v) is 3.89. The van der Waals surface area contributed by atoms with Gasteiger partial charge in [-0.2, -0.15) is 0 Å². The number of phenols is 1. The average molecular weight is 609 g/mol. The highest BCUT2D eigenvalue weighted by atomic mass is 16.6. The molecular formula is C28H44N6O9. The van der Waals surface area contributed by atoms with E-state index in [1.54, 1.807) is 20.8 Å². The number of alkyl carbamates (subject to hydrolysis) is 1. The predicted octanol–water partition coefficient (Wildman–Crippen LogP) is 0.637. The van der Waals surface area contributed by atoms with Gasteiger partial charge >= 0.3 is 18.1 Å². The van der Waals surface area contributed by atoms with Crippen molar-refractivity contribution in [2.45, 2.75) is 89.9 Å². The molecule has 0 aliphatic carbocycles. The molecule has 0 bridgehead atoms. The van der Waals surface area contributed by atoms with Crippen LogP contribution in [0.15, 0.2) is 24.3 Å². The van der Waals surface area contributed by atoms with Crippen LogP contribution in [0.2, 0.25) is 0 Å². The van der Waals surface area contributed by atoms with E-state index >= 15 is 0 Å². The van der Waals surface area contributed by atoms with E-state index in [-0.39, 0.29) is 38.1 Å². The van der Waals surface area contributed by atoms with E-state index in [1.807, 2.05) is 0 Å². The van der Waals surface area contributed by atoms with Crippen LogP contribution in [-0.4, -0.2) is 82.8 Å². The summed E-state index contributed by atoms with van der Waals surface area (Å²) in [5, 5.41) is 31.8. The second kappa shape index (κ2) is 18.1. The van der Waals surface area contributed by atoms with Gasteiger partial charge in [0.15, 0.2) is 0 Å².